The van der Waals surface area contributed by atoms with Crippen molar-refractivity contribution in [1.29, 1.82) is 0 Å². The number of non-ortho nitro benzene ring substituents is 1. The Labute approximate surface area is 121 Å². The van der Waals surface area contributed by atoms with Gasteiger partial charge >= 0.3 is 0 Å². The number of rotatable bonds is 3. The molecule has 2 aromatic rings. The molecule has 5 nitrogen and oxygen atoms in total. The van der Waals surface area contributed by atoms with E-state index in [0.29, 0.717) is 24.3 Å². The Morgan fingerprint density at radius 2 is 2.00 bits per heavy atom. The largest absolute Gasteiger partial charge is 0.492 e. The van der Waals surface area contributed by atoms with Gasteiger partial charge in [0.1, 0.15) is 5.75 Å². The van der Waals surface area contributed by atoms with Crippen molar-refractivity contribution >= 4 is 11.5 Å². The number of para-hydroxylation sites is 1. The lowest BCUT2D eigenvalue weighted by Crippen LogP contribution is -2.29. The molecule has 0 bridgehead atoms. The summed E-state index contributed by atoms with van der Waals surface area (Å²) in [5.74, 6) is 0.336. The van der Waals surface area contributed by atoms with Crippen LogP contribution in [-0.2, 0) is 6.42 Å². The van der Waals surface area contributed by atoms with Crippen molar-refractivity contribution in [1.82, 2.24) is 0 Å². The van der Waals surface area contributed by atoms with Gasteiger partial charge in [0.25, 0.3) is 5.69 Å². The van der Waals surface area contributed by atoms with Crippen LogP contribution in [0.3, 0.4) is 0 Å². The summed E-state index contributed by atoms with van der Waals surface area (Å²) < 4.78 is 5.60. The lowest BCUT2D eigenvalue weighted by atomic mass is 9.89. The Morgan fingerprint density at radius 1 is 1.19 bits per heavy atom. The average Bonchev–Trinajstić information content (AvgIpc) is 2.51. The summed E-state index contributed by atoms with van der Waals surface area (Å²) in [4.78, 5) is 22.8. The second-order valence-electron chi connectivity index (χ2n) is 5.00. The highest BCUT2D eigenvalue weighted by Crippen LogP contribution is 2.29. The maximum atomic E-state index is 12.4. The second-order valence-corrected chi connectivity index (χ2v) is 5.00. The number of hydrogen-bond acceptors (Lipinski definition) is 4. The molecular formula is C16H13NO4. The monoisotopic (exact) mass is 283 g/mol. The number of ether oxygens (including phenoxy) is 1. The first-order valence-corrected chi connectivity index (χ1v) is 6.64. The summed E-state index contributed by atoms with van der Waals surface area (Å²) in [6, 6.07) is 13.5. The molecule has 1 aliphatic rings. The van der Waals surface area contributed by atoms with E-state index in [9.17, 15) is 14.9 Å². The second kappa shape index (κ2) is 5.36. The number of carbonyl (C=O) groups is 1. The molecule has 0 aromatic heterocycles. The lowest BCUT2D eigenvalue weighted by Gasteiger charge is -2.24. The van der Waals surface area contributed by atoms with Gasteiger partial charge < -0.3 is 4.74 Å². The van der Waals surface area contributed by atoms with Gasteiger partial charge in [-0.1, -0.05) is 24.3 Å². The zero-order valence-electron chi connectivity index (χ0n) is 11.2. The van der Waals surface area contributed by atoms with Gasteiger partial charge in [0, 0.05) is 12.1 Å². The smallest absolute Gasteiger partial charge is 0.269 e. The van der Waals surface area contributed by atoms with E-state index in [1.807, 2.05) is 6.07 Å². The Morgan fingerprint density at radius 3 is 2.81 bits per heavy atom. The first kappa shape index (κ1) is 13.3. The molecular weight excluding hydrogens is 270 g/mol. The van der Waals surface area contributed by atoms with Crippen LogP contribution in [0.15, 0.2) is 48.5 Å². The van der Waals surface area contributed by atoms with Crippen molar-refractivity contribution in [2.24, 2.45) is 5.92 Å². The van der Waals surface area contributed by atoms with Crippen molar-refractivity contribution in [2.75, 3.05) is 6.61 Å². The highest BCUT2D eigenvalue weighted by molar-refractivity contribution is 6.01. The molecule has 1 atom stereocenters. The quantitative estimate of drug-likeness (QED) is 0.641. The number of nitro groups is 1. The molecule has 0 saturated carbocycles. The van der Waals surface area contributed by atoms with E-state index in [0.717, 1.165) is 5.56 Å². The molecule has 1 unspecified atom stereocenters. The van der Waals surface area contributed by atoms with Crippen LogP contribution in [0, 0.1) is 16.0 Å². The Bertz CT molecular complexity index is 711. The third-order valence-electron chi connectivity index (χ3n) is 3.57. The summed E-state index contributed by atoms with van der Waals surface area (Å²) in [5, 5.41) is 10.8. The average molecular weight is 283 g/mol. The van der Waals surface area contributed by atoms with Crippen LogP contribution in [0.1, 0.15) is 15.9 Å². The molecule has 106 valence electrons. The molecule has 0 saturated heterocycles. The molecule has 21 heavy (non-hydrogen) atoms. The standard InChI is InChI=1S/C16H13NO4/c18-16-12(10-21-15-7-2-1-6-14(15)16)8-11-4-3-5-13(9-11)17(19)20/h1-7,9,12H,8,10H2. The predicted octanol–water partition coefficient (Wildman–Crippen LogP) is 3.03. The number of nitrogens with zero attached hydrogens (tertiary/aromatic N) is 1. The zero-order chi connectivity index (χ0) is 14.8. The van der Waals surface area contributed by atoms with Crippen molar-refractivity contribution in [3.8, 4) is 5.75 Å². The van der Waals surface area contributed by atoms with Gasteiger partial charge in [-0.3, -0.25) is 14.9 Å². The molecule has 0 spiro atoms. The van der Waals surface area contributed by atoms with E-state index >= 15 is 0 Å². The summed E-state index contributed by atoms with van der Waals surface area (Å²) in [6.45, 7) is 0.304. The number of hydrogen-bond donors (Lipinski definition) is 0. The first-order chi connectivity index (χ1) is 10.1. The Balaban J connectivity index is 1.82. The highest BCUT2D eigenvalue weighted by atomic mass is 16.6. The van der Waals surface area contributed by atoms with E-state index in [1.54, 1.807) is 30.3 Å². The number of fused-ring (bicyclic) bond motifs is 1. The van der Waals surface area contributed by atoms with E-state index in [1.165, 1.54) is 12.1 Å². The predicted molar refractivity (Wildman–Crippen MR) is 76.6 cm³/mol. The highest BCUT2D eigenvalue weighted by Gasteiger charge is 2.28. The van der Waals surface area contributed by atoms with Gasteiger partial charge in [-0.05, 0) is 24.1 Å². The summed E-state index contributed by atoms with van der Waals surface area (Å²) in [7, 11) is 0. The molecule has 0 N–H and O–H groups in total. The fourth-order valence-corrected chi connectivity index (χ4v) is 2.52. The summed E-state index contributed by atoms with van der Waals surface area (Å²) in [6.07, 6.45) is 0.439. The van der Waals surface area contributed by atoms with Crippen LogP contribution in [0.4, 0.5) is 5.69 Å². The fourth-order valence-electron chi connectivity index (χ4n) is 2.52. The van der Waals surface area contributed by atoms with E-state index in [2.05, 4.69) is 0 Å². The third-order valence-corrected chi connectivity index (χ3v) is 3.57. The van der Waals surface area contributed by atoms with Crippen molar-refractivity contribution < 1.29 is 14.5 Å². The van der Waals surface area contributed by atoms with Crippen LogP contribution < -0.4 is 4.74 Å². The number of benzene rings is 2. The van der Waals surface area contributed by atoms with Gasteiger partial charge in [-0.25, -0.2) is 0 Å². The van der Waals surface area contributed by atoms with Crippen LogP contribution in [0.2, 0.25) is 0 Å². The van der Waals surface area contributed by atoms with Gasteiger partial charge in [-0.2, -0.15) is 0 Å². The molecule has 1 heterocycles. The molecule has 0 fully saturated rings. The molecule has 0 amide bonds. The zero-order valence-corrected chi connectivity index (χ0v) is 11.2. The number of nitro benzene ring substituents is 1. The van der Waals surface area contributed by atoms with Crippen LogP contribution in [0.25, 0.3) is 0 Å². The summed E-state index contributed by atoms with van der Waals surface area (Å²) in [5.41, 5.74) is 1.39. The molecule has 0 radical (unpaired) electrons. The number of carbonyl (C=O) groups excluding carboxylic acids is 1. The van der Waals surface area contributed by atoms with Crippen molar-refractivity contribution in [2.45, 2.75) is 6.42 Å². The van der Waals surface area contributed by atoms with E-state index < -0.39 is 4.92 Å². The molecule has 3 rings (SSSR count). The van der Waals surface area contributed by atoms with E-state index in [4.69, 9.17) is 4.74 Å². The topological polar surface area (TPSA) is 69.4 Å². The maximum absolute atomic E-state index is 12.4. The van der Waals surface area contributed by atoms with Gasteiger partial charge in [-0.15, -0.1) is 0 Å². The van der Waals surface area contributed by atoms with Gasteiger partial charge in [0.15, 0.2) is 5.78 Å². The molecule has 1 aliphatic heterocycles. The minimum atomic E-state index is -0.433. The summed E-state index contributed by atoms with van der Waals surface area (Å²) >= 11 is 0. The minimum Gasteiger partial charge on any atom is -0.492 e. The van der Waals surface area contributed by atoms with Crippen LogP contribution >= 0.6 is 0 Å². The SMILES string of the molecule is O=C1c2ccccc2OCC1Cc1cccc([N+](=O)[O-])c1. The minimum absolute atomic E-state index is 0.0309. The number of Topliss-reactive ketones (excluding diaryl/α,β-unsaturated/α-hetero) is 1. The van der Waals surface area contributed by atoms with E-state index in [-0.39, 0.29) is 17.4 Å². The Hall–Kier alpha value is -2.69. The Kier molecular flexibility index (Phi) is 3.39. The molecule has 5 heteroatoms. The molecule has 2 aromatic carbocycles. The normalized spacial score (nSPS) is 17.0. The van der Waals surface area contributed by atoms with Crippen LogP contribution in [0.5, 0.6) is 5.75 Å². The van der Waals surface area contributed by atoms with Gasteiger partial charge in [0.2, 0.25) is 0 Å². The third kappa shape index (κ3) is 2.63. The lowest BCUT2D eigenvalue weighted by molar-refractivity contribution is -0.384. The number of ketones is 1. The maximum Gasteiger partial charge on any atom is 0.269 e. The van der Waals surface area contributed by atoms with Crippen molar-refractivity contribution in [3.63, 3.8) is 0 Å². The fraction of sp³-hybridized carbons (Fsp3) is 0.188. The van der Waals surface area contributed by atoms with Crippen molar-refractivity contribution in [3.05, 3.63) is 69.8 Å². The first-order valence-electron chi connectivity index (χ1n) is 6.64. The van der Waals surface area contributed by atoms with Gasteiger partial charge in [0.05, 0.1) is 23.0 Å². The molecule has 0 aliphatic carbocycles. The van der Waals surface area contributed by atoms with Crippen LogP contribution in [-0.4, -0.2) is 17.3 Å².